The lowest BCUT2D eigenvalue weighted by Crippen LogP contribution is -2.55. The van der Waals surface area contributed by atoms with Crippen molar-refractivity contribution in [3.05, 3.63) is 34.9 Å². The van der Waals surface area contributed by atoms with E-state index in [1.54, 1.807) is 26.8 Å². The Morgan fingerprint density at radius 3 is 2.23 bits per heavy atom. The molecular formula is C26H41N3O6. The topological polar surface area (TPSA) is 114 Å². The highest BCUT2D eigenvalue weighted by molar-refractivity contribution is 5.93. The normalized spacial score (nSPS) is 13.0. The summed E-state index contributed by atoms with van der Waals surface area (Å²) in [6.07, 6.45) is -0.131. The largest absolute Gasteiger partial charge is 0.468 e. The van der Waals surface area contributed by atoms with E-state index in [-0.39, 0.29) is 19.0 Å². The van der Waals surface area contributed by atoms with Crippen LogP contribution in [0.15, 0.2) is 18.2 Å². The van der Waals surface area contributed by atoms with Crippen LogP contribution in [-0.2, 0) is 23.9 Å². The summed E-state index contributed by atoms with van der Waals surface area (Å²) in [5, 5.41) is 5.28. The number of ether oxygens (including phenoxy) is 2. The number of aryl methyl sites for hydroxylation is 1. The number of hydrogen-bond donors (Lipinski definition) is 2. The molecule has 0 saturated carbocycles. The van der Waals surface area contributed by atoms with Gasteiger partial charge in [-0.1, -0.05) is 39.0 Å². The molecule has 1 aromatic rings. The number of methoxy groups -OCH3 is 1. The van der Waals surface area contributed by atoms with Crippen LogP contribution in [0.1, 0.15) is 70.7 Å². The highest BCUT2D eigenvalue weighted by Gasteiger charge is 2.37. The molecule has 9 nitrogen and oxygen atoms in total. The van der Waals surface area contributed by atoms with Gasteiger partial charge in [-0.2, -0.15) is 0 Å². The first-order chi connectivity index (χ1) is 16.2. The number of carbonyl (C=O) groups is 4. The quantitative estimate of drug-likeness (QED) is 0.485. The lowest BCUT2D eigenvalue weighted by atomic mass is 9.94. The van der Waals surface area contributed by atoms with Crippen molar-refractivity contribution < 1.29 is 28.7 Å². The van der Waals surface area contributed by atoms with Crippen LogP contribution in [0.4, 0.5) is 4.79 Å². The second kappa shape index (κ2) is 13.1. The Balaban J connectivity index is 3.48. The summed E-state index contributed by atoms with van der Waals surface area (Å²) in [5.74, 6) is -1.79. The van der Waals surface area contributed by atoms with Gasteiger partial charge in [-0.3, -0.25) is 14.4 Å². The van der Waals surface area contributed by atoms with E-state index in [9.17, 15) is 19.2 Å². The number of hydrogen-bond acceptors (Lipinski definition) is 6. The monoisotopic (exact) mass is 491 g/mol. The summed E-state index contributed by atoms with van der Waals surface area (Å²) >= 11 is 0. The average Bonchev–Trinajstić information content (AvgIpc) is 2.76. The number of benzene rings is 1. The number of nitrogens with zero attached hydrogens (tertiary/aromatic N) is 1. The molecule has 0 aliphatic carbocycles. The third-order valence-electron chi connectivity index (χ3n) is 5.49. The Labute approximate surface area is 208 Å². The Hall–Kier alpha value is -3.10. The van der Waals surface area contributed by atoms with Crippen LogP contribution < -0.4 is 10.6 Å². The van der Waals surface area contributed by atoms with Gasteiger partial charge in [0.25, 0.3) is 0 Å². The summed E-state index contributed by atoms with van der Waals surface area (Å²) in [6.45, 7) is 14.5. The zero-order valence-corrected chi connectivity index (χ0v) is 22.5. The second-order valence-electron chi connectivity index (χ2n) is 9.89. The fourth-order valence-electron chi connectivity index (χ4n) is 3.58. The molecule has 1 rings (SSSR count). The summed E-state index contributed by atoms with van der Waals surface area (Å²) in [4.78, 5) is 53.0. The van der Waals surface area contributed by atoms with Crippen LogP contribution in [0.5, 0.6) is 0 Å². The molecule has 0 aliphatic rings. The molecule has 0 heterocycles. The molecule has 2 atom stereocenters. The molecule has 3 amide bonds. The Morgan fingerprint density at radius 1 is 1.09 bits per heavy atom. The molecule has 0 fully saturated rings. The minimum absolute atomic E-state index is 0.266. The standard InChI is InChI=1S/C26H41N3O6/c1-10-14-29(24(32)21(16(2)3)28-25(33)35-26(6,7)8)22(23(31)27-15-20(30)34-9)19-13-11-12-17(4)18(19)5/h11-13,16,21-22H,10,14-15H2,1-9H3,(H,27,31)(H,28,33). The first kappa shape index (κ1) is 29.9. The van der Waals surface area contributed by atoms with Gasteiger partial charge < -0.3 is 25.0 Å². The molecule has 9 heteroatoms. The van der Waals surface area contributed by atoms with E-state index in [4.69, 9.17) is 4.74 Å². The second-order valence-corrected chi connectivity index (χ2v) is 9.89. The Bertz CT molecular complexity index is 907. The number of alkyl carbamates (subject to hydrolysis) is 1. The number of nitrogens with one attached hydrogen (secondary N) is 2. The Morgan fingerprint density at radius 2 is 1.71 bits per heavy atom. The summed E-state index contributed by atoms with van der Waals surface area (Å²) in [5.41, 5.74) is 1.74. The van der Waals surface area contributed by atoms with Gasteiger partial charge in [0.05, 0.1) is 7.11 Å². The van der Waals surface area contributed by atoms with Gasteiger partial charge in [-0.05, 0) is 63.6 Å². The SMILES string of the molecule is CCCN(C(=O)C(NC(=O)OC(C)(C)C)C(C)C)C(C(=O)NCC(=O)OC)c1cccc(C)c1C. The van der Waals surface area contributed by atoms with E-state index < -0.39 is 41.6 Å². The van der Waals surface area contributed by atoms with Crippen molar-refractivity contribution in [1.29, 1.82) is 0 Å². The molecule has 0 aromatic heterocycles. The van der Waals surface area contributed by atoms with E-state index in [1.165, 1.54) is 12.0 Å². The van der Waals surface area contributed by atoms with E-state index in [2.05, 4.69) is 15.4 Å². The number of rotatable bonds is 10. The summed E-state index contributed by atoms with van der Waals surface area (Å²) < 4.78 is 10.0. The van der Waals surface area contributed by atoms with E-state index in [0.29, 0.717) is 12.0 Å². The third kappa shape index (κ3) is 8.88. The highest BCUT2D eigenvalue weighted by Crippen LogP contribution is 2.28. The van der Waals surface area contributed by atoms with Crippen LogP contribution in [0.3, 0.4) is 0 Å². The lowest BCUT2D eigenvalue weighted by Gasteiger charge is -2.36. The molecule has 0 bridgehead atoms. The number of carbonyl (C=O) groups excluding carboxylic acids is 4. The van der Waals surface area contributed by atoms with Gasteiger partial charge in [0.15, 0.2) is 0 Å². The van der Waals surface area contributed by atoms with Gasteiger partial charge >= 0.3 is 12.1 Å². The molecule has 2 unspecified atom stereocenters. The first-order valence-electron chi connectivity index (χ1n) is 11.9. The van der Waals surface area contributed by atoms with Crippen LogP contribution in [0.2, 0.25) is 0 Å². The molecular weight excluding hydrogens is 450 g/mol. The van der Waals surface area contributed by atoms with E-state index >= 15 is 0 Å². The minimum Gasteiger partial charge on any atom is -0.468 e. The van der Waals surface area contributed by atoms with Gasteiger partial charge in [-0.15, -0.1) is 0 Å². The minimum atomic E-state index is -1.01. The van der Waals surface area contributed by atoms with Crippen molar-refractivity contribution in [1.82, 2.24) is 15.5 Å². The molecule has 0 saturated heterocycles. The van der Waals surface area contributed by atoms with Crippen molar-refractivity contribution in [2.45, 2.75) is 79.5 Å². The summed E-state index contributed by atoms with van der Waals surface area (Å²) in [6, 6.07) is 3.62. The molecule has 0 aliphatic heterocycles. The predicted molar refractivity (Wildman–Crippen MR) is 134 cm³/mol. The number of esters is 1. The van der Waals surface area contributed by atoms with Gasteiger partial charge in [0.1, 0.15) is 24.2 Å². The van der Waals surface area contributed by atoms with Gasteiger partial charge in [0, 0.05) is 6.54 Å². The van der Waals surface area contributed by atoms with Crippen LogP contribution in [0, 0.1) is 19.8 Å². The van der Waals surface area contributed by atoms with Crippen LogP contribution >= 0.6 is 0 Å². The Kier molecular flexibility index (Phi) is 11.2. The predicted octanol–water partition coefficient (Wildman–Crippen LogP) is 3.42. The highest BCUT2D eigenvalue weighted by atomic mass is 16.6. The maximum atomic E-state index is 13.9. The fourth-order valence-corrected chi connectivity index (χ4v) is 3.58. The first-order valence-corrected chi connectivity index (χ1v) is 11.9. The van der Waals surface area contributed by atoms with Crippen molar-refractivity contribution in [3.63, 3.8) is 0 Å². The molecule has 0 spiro atoms. The molecule has 0 radical (unpaired) electrons. The summed E-state index contributed by atoms with van der Waals surface area (Å²) in [7, 11) is 1.24. The van der Waals surface area contributed by atoms with Crippen molar-refractivity contribution >= 4 is 23.9 Å². The van der Waals surface area contributed by atoms with Gasteiger partial charge in [-0.25, -0.2) is 4.79 Å². The number of amides is 3. The zero-order valence-electron chi connectivity index (χ0n) is 22.5. The third-order valence-corrected chi connectivity index (χ3v) is 5.49. The maximum Gasteiger partial charge on any atom is 0.408 e. The smallest absolute Gasteiger partial charge is 0.408 e. The van der Waals surface area contributed by atoms with Crippen molar-refractivity contribution in [3.8, 4) is 0 Å². The molecule has 2 N–H and O–H groups in total. The van der Waals surface area contributed by atoms with Crippen molar-refractivity contribution in [2.75, 3.05) is 20.2 Å². The average molecular weight is 492 g/mol. The fraction of sp³-hybridized carbons (Fsp3) is 0.615. The van der Waals surface area contributed by atoms with Crippen LogP contribution in [0.25, 0.3) is 0 Å². The van der Waals surface area contributed by atoms with Crippen LogP contribution in [-0.4, -0.2) is 60.6 Å². The van der Waals surface area contributed by atoms with Gasteiger partial charge in [0.2, 0.25) is 11.8 Å². The molecule has 1 aromatic carbocycles. The van der Waals surface area contributed by atoms with E-state index in [0.717, 1.165) is 11.1 Å². The molecule has 35 heavy (non-hydrogen) atoms. The van der Waals surface area contributed by atoms with Crippen molar-refractivity contribution in [2.24, 2.45) is 5.92 Å². The molecule has 196 valence electrons. The maximum absolute atomic E-state index is 13.9. The lowest BCUT2D eigenvalue weighted by molar-refractivity contribution is -0.145. The van der Waals surface area contributed by atoms with E-state index in [1.807, 2.05) is 46.8 Å². The zero-order chi connectivity index (χ0) is 26.9.